The molecule has 0 unspecified atom stereocenters. The van der Waals surface area contributed by atoms with Crippen LogP contribution in [-0.2, 0) is 42.8 Å². The Labute approximate surface area is 192 Å². The number of ether oxygens (including phenoxy) is 6. The number of aliphatic hydroxyl groups is 3. The Bertz CT molecular complexity index is 597. The lowest BCUT2D eigenvalue weighted by molar-refractivity contribution is -0.309. The average molecular weight is 476 g/mol. The van der Waals surface area contributed by atoms with Crippen molar-refractivity contribution in [2.24, 2.45) is 5.41 Å². The van der Waals surface area contributed by atoms with E-state index >= 15 is 0 Å². The molecule has 0 heterocycles. The van der Waals surface area contributed by atoms with Gasteiger partial charge in [0.25, 0.3) is 0 Å². The largest absolute Gasteiger partial charge is 0.454 e. The number of esters is 3. The van der Waals surface area contributed by atoms with Gasteiger partial charge in [0.05, 0.1) is 59.5 Å². The van der Waals surface area contributed by atoms with E-state index in [-0.39, 0.29) is 39.6 Å². The summed E-state index contributed by atoms with van der Waals surface area (Å²) in [6.07, 6.45) is 2.41. The second-order valence-electron chi connectivity index (χ2n) is 6.42. The molecule has 0 aromatic carbocycles. The van der Waals surface area contributed by atoms with E-state index in [1.807, 2.05) is 0 Å². The number of carbonyl (C=O) groups excluding carboxylic acids is 3. The molecule has 0 saturated heterocycles. The summed E-state index contributed by atoms with van der Waals surface area (Å²) in [6.45, 7) is 6.19. The summed E-state index contributed by atoms with van der Waals surface area (Å²) < 4.78 is 32.3. The van der Waals surface area contributed by atoms with Gasteiger partial charge in [-0.1, -0.05) is 19.7 Å². The average Bonchev–Trinajstić information content (AvgIpc) is 2.81. The van der Waals surface area contributed by atoms with Crippen LogP contribution in [0.2, 0.25) is 0 Å². The third-order valence-corrected chi connectivity index (χ3v) is 4.09. The zero-order valence-electron chi connectivity index (χ0n) is 18.4. The van der Waals surface area contributed by atoms with E-state index in [4.69, 9.17) is 43.7 Å². The van der Waals surface area contributed by atoms with Gasteiger partial charge in [-0.2, -0.15) is 0 Å². The molecule has 12 heteroatoms. The molecule has 12 nitrogen and oxygen atoms in total. The minimum absolute atomic E-state index is 0.172. The van der Waals surface area contributed by atoms with Crippen molar-refractivity contribution in [1.82, 2.24) is 0 Å². The van der Waals surface area contributed by atoms with Gasteiger partial charge in [-0.15, -0.1) is 0 Å². The SMILES string of the molecule is C=CC(=O)OCC(OC(=O)C=C)(OC(=O)C=C)C(COCCO)(COCCO)COCCO. The molecule has 0 atom stereocenters. The van der Waals surface area contributed by atoms with Gasteiger partial charge < -0.3 is 43.7 Å². The maximum Gasteiger partial charge on any atom is 0.333 e. The quantitative estimate of drug-likeness (QED) is 0.0839. The second-order valence-corrected chi connectivity index (χ2v) is 6.42. The fourth-order valence-electron chi connectivity index (χ4n) is 2.53. The van der Waals surface area contributed by atoms with Gasteiger partial charge in [-0.3, -0.25) is 0 Å². The first-order chi connectivity index (χ1) is 15.8. The van der Waals surface area contributed by atoms with Gasteiger partial charge >= 0.3 is 23.7 Å². The Hall–Kier alpha value is -2.61. The van der Waals surface area contributed by atoms with Gasteiger partial charge in [-0.05, 0) is 0 Å². The first kappa shape index (κ1) is 30.4. The summed E-state index contributed by atoms with van der Waals surface area (Å²) in [6, 6.07) is 0. The van der Waals surface area contributed by atoms with Crippen LogP contribution < -0.4 is 0 Å². The molecule has 33 heavy (non-hydrogen) atoms. The van der Waals surface area contributed by atoms with Crippen molar-refractivity contribution >= 4 is 17.9 Å². The number of rotatable bonds is 20. The number of hydrogen-bond acceptors (Lipinski definition) is 12. The van der Waals surface area contributed by atoms with Gasteiger partial charge in [-0.25, -0.2) is 14.4 Å². The van der Waals surface area contributed by atoms with E-state index in [2.05, 4.69) is 19.7 Å². The lowest BCUT2D eigenvalue weighted by Gasteiger charge is -2.46. The molecule has 0 bridgehead atoms. The molecule has 0 aliphatic carbocycles. The van der Waals surface area contributed by atoms with Crippen LogP contribution in [0.5, 0.6) is 0 Å². The first-order valence-corrected chi connectivity index (χ1v) is 9.86. The standard InChI is InChI=1S/C21H32O12/c1-4-17(25)31-16-21(32-18(26)5-2,33-19(27)6-3)20(13-28-10-7-22,14-29-11-8-23)15-30-12-9-24/h4-6,22-24H,1-3,7-16H2. The highest BCUT2D eigenvalue weighted by Crippen LogP contribution is 2.39. The molecule has 0 radical (unpaired) electrons. The predicted molar refractivity (Wildman–Crippen MR) is 113 cm³/mol. The minimum Gasteiger partial charge on any atom is -0.454 e. The Morgan fingerprint density at radius 2 is 1.00 bits per heavy atom. The van der Waals surface area contributed by atoms with E-state index in [0.717, 1.165) is 18.2 Å². The van der Waals surface area contributed by atoms with Crippen molar-refractivity contribution < 1.29 is 58.1 Å². The summed E-state index contributed by atoms with van der Waals surface area (Å²) in [5.41, 5.74) is -1.73. The third kappa shape index (κ3) is 10.2. The highest BCUT2D eigenvalue weighted by Gasteiger charge is 2.60. The van der Waals surface area contributed by atoms with E-state index in [1.165, 1.54) is 0 Å². The van der Waals surface area contributed by atoms with Crippen LogP contribution in [0.4, 0.5) is 0 Å². The van der Waals surface area contributed by atoms with Crippen molar-refractivity contribution in [3.05, 3.63) is 38.0 Å². The smallest absolute Gasteiger partial charge is 0.333 e. The molecule has 0 aliphatic rings. The summed E-state index contributed by atoms with van der Waals surface area (Å²) in [7, 11) is 0. The highest BCUT2D eigenvalue weighted by atomic mass is 16.8. The number of aliphatic hydroxyl groups excluding tert-OH is 3. The Morgan fingerprint density at radius 1 is 0.636 bits per heavy atom. The molecular formula is C21H32O12. The summed E-state index contributed by atoms with van der Waals surface area (Å²) in [5.74, 6) is -5.46. The van der Waals surface area contributed by atoms with Gasteiger partial charge in [0.1, 0.15) is 5.41 Å². The molecule has 0 spiro atoms. The lowest BCUT2D eigenvalue weighted by Crippen LogP contribution is -2.63. The Kier molecular flexibility index (Phi) is 15.6. The van der Waals surface area contributed by atoms with E-state index in [9.17, 15) is 14.4 Å². The van der Waals surface area contributed by atoms with Gasteiger partial charge in [0.15, 0.2) is 6.61 Å². The lowest BCUT2D eigenvalue weighted by atomic mass is 9.80. The van der Waals surface area contributed by atoms with Crippen LogP contribution in [0, 0.1) is 5.41 Å². The maximum atomic E-state index is 12.3. The summed E-state index contributed by atoms with van der Waals surface area (Å²) in [4.78, 5) is 36.4. The fourth-order valence-corrected chi connectivity index (χ4v) is 2.53. The van der Waals surface area contributed by atoms with Crippen molar-refractivity contribution in [1.29, 1.82) is 0 Å². The highest BCUT2D eigenvalue weighted by molar-refractivity contribution is 5.84. The topological polar surface area (TPSA) is 167 Å². The Balaban J connectivity index is 6.73. The zero-order chi connectivity index (χ0) is 25.2. The maximum absolute atomic E-state index is 12.3. The summed E-state index contributed by atoms with van der Waals surface area (Å²) >= 11 is 0. The van der Waals surface area contributed by atoms with Crippen molar-refractivity contribution in [3.63, 3.8) is 0 Å². The Morgan fingerprint density at radius 3 is 1.30 bits per heavy atom. The van der Waals surface area contributed by atoms with Crippen LogP contribution in [0.25, 0.3) is 0 Å². The molecule has 188 valence electrons. The molecule has 0 saturated carbocycles. The van der Waals surface area contributed by atoms with Crippen LogP contribution in [0.15, 0.2) is 38.0 Å². The van der Waals surface area contributed by atoms with Crippen LogP contribution in [0.1, 0.15) is 0 Å². The number of carbonyl (C=O) groups is 3. The van der Waals surface area contributed by atoms with Crippen LogP contribution in [0.3, 0.4) is 0 Å². The van der Waals surface area contributed by atoms with Crippen molar-refractivity contribution in [2.45, 2.75) is 5.79 Å². The van der Waals surface area contributed by atoms with Gasteiger partial charge in [0.2, 0.25) is 0 Å². The van der Waals surface area contributed by atoms with Crippen LogP contribution in [-0.4, -0.2) is 105 Å². The normalized spacial score (nSPS) is 11.4. The van der Waals surface area contributed by atoms with E-state index in [1.54, 1.807) is 0 Å². The molecule has 3 N–H and O–H groups in total. The predicted octanol–water partition coefficient (Wildman–Crippen LogP) is -1.12. The molecule has 0 fully saturated rings. The molecular weight excluding hydrogens is 444 g/mol. The molecule has 0 aliphatic heterocycles. The molecule has 0 aromatic heterocycles. The number of hydrogen-bond donors (Lipinski definition) is 3. The molecule has 0 aromatic rings. The molecule has 0 rings (SSSR count). The second kappa shape index (κ2) is 16.9. The first-order valence-electron chi connectivity index (χ1n) is 9.86. The van der Waals surface area contributed by atoms with Crippen molar-refractivity contribution in [2.75, 3.05) is 66.1 Å². The fraction of sp³-hybridized carbons (Fsp3) is 0.571. The van der Waals surface area contributed by atoms with Crippen molar-refractivity contribution in [3.8, 4) is 0 Å². The van der Waals surface area contributed by atoms with Gasteiger partial charge in [0, 0.05) is 18.2 Å². The van der Waals surface area contributed by atoms with E-state index < -0.39 is 55.5 Å². The third-order valence-electron chi connectivity index (χ3n) is 4.09. The minimum atomic E-state index is -2.41. The summed E-state index contributed by atoms with van der Waals surface area (Å²) in [5, 5.41) is 27.4. The molecule has 0 amide bonds. The van der Waals surface area contributed by atoms with E-state index in [0.29, 0.717) is 0 Å². The monoisotopic (exact) mass is 476 g/mol. The zero-order valence-corrected chi connectivity index (χ0v) is 18.4. The van der Waals surface area contributed by atoms with Crippen LogP contribution >= 0.6 is 0 Å².